The summed E-state index contributed by atoms with van der Waals surface area (Å²) in [6.45, 7) is 1.75. The second-order valence-electron chi connectivity index (χ2n) is 4.29. The molecule has 0 bridgehead atoms. The van der Waals surface area contributed by atoms with E-state index in [1.165, 1.54) is 0 Å². The number of hydrogen-bond donors (Lipinski definition) is 1. The van der Waals surface area contributed by atoms with E-state index in [0.29, 0.717) is 12.8 Å². The van der Waals surface area contributed by atoms with Crippen molar-refractivity contribution in [3.63, 3.8) is 0 Å². The molecule has 2 rings (SSSR count). The number of hydrogen-bond acceptors (Lipinski definition) is 1. The number of nitrogens with two attached hydrogens (primary N) is 1. The highest BCUT2D eigenvalue weighted by atomic mass is 79.9. The Bertz CT molecular complexity index is 441. The molecular weight excluding hydrogens is 283 g/mol. The lowest BCUT2D eigenvalue weighted by atomic mass is 9.89. The first-order chi connectivity index (χ1) is 7.40. The summed E-state index contributed by atoms with van der Waals surface area (Å²) < 4.78 is 39.7. The van der Waals surface area contributed by atoms with E-state index >= 15 is 0 Å². The van der Waals surface area contributed by atoms with Crippen LogP contribution in [0.5, 0.6) is 0 Å². The van der Waals surface area contributed by atoms with Gasteiger partial charge < -0.3 is 5.73 Å². The molecule has 0 aliphatic heterocycles. The van der Waals surface area contributed by atoms with E-state index in [9.17, 15) is 13.2 Å². The van der Waals surface area contributed by atoms with Crippen LogP contribution in [0.4, 0.5) is 13.2 Å². The average molecular weight is 294 g/mol. The Kier molecular flexibility index (Phi) is 2.78. The third-order valence-corrected chi connectivity index (χ3v) is 4.00. The highest BCUT2D eigenvalue weighted by Crippen LogP contribution is 2.52. The summed E-state index contributed by atoms with van der Waals surface area (Å²) in [6, 6.07) is 0.643. The predicted octanol–water partition coefficient (Wildman–Crippen LogP) is 3.25. The van der Waals surface area contributed by atoms with Crippen LogP contribution < -0.4 is 5.73 Å². The summed E-state index contributed by atoms with van der Waals surface area (Å²) in [5, 5.41) is 0. The average Bonchev–Trinajstić information content (AvgIpc) is 3.01. The molecule has 0 amide bonds. The summed E-state index contributed by atoms with van der Waals surface area (Å²) in [7, 11) is 0. The second-order valence-corrected chi connectivity index (χ2v) is 5.09. The van der Waals surface area contributed by atoms with Crippen molar-refractivity contribution in [3.05, 3.63) is 33.6 Å². The zero-order valence-corrected chi connectivity index (χ0v) is 10.2. The van der Waals surface area contributed by atoms with E-state index in [0.717, 1.165) is 6.07 Å². The van der Waals surface area contributed by atoms with Crippen molar-refractivity contribution in [1.29, 1.82) is 0 Å². The number of halogens is 4. The van der Waals surface area contributed by atoms with Crippen LogP contribution in [0.1, 0.15) is 25.3 Å². The van der Waals surface area contributed by atoms with E-state index in [1.807, 2.05) is 0 Å². The van der Waals surface area contributed by atoms with E-state index in [4.69, 9.17) is 5.73 Å². The topological polar surface area (TPSA) is 26.0 Å². The van der Waals surface area contributed by atoms with Crippen LogP contribution in [0.2, 0.25) is 0 Å². The standard InChI is InChI=1S/C11H11BrF3N/c1-5(16)11(2-3-11)6-4-7(13)10(15)8(12)9(6)14/h4-5H,2-3,16H2,1H3. The van der Waals surface area contributed by atoms with Gasteiger partial charge in [0.1, 0.15) is 5.82 Å². The van der Waals surface area contributed by atoms with Gasteiger partial charge in [-0.3, -0.25) is 0 Å². The van der Waals surface area contributed by atoms with Gasteiger partial charge in [0.2, 0.25) is 0 Å². The predicted molar refractivity (Wildman–Crippen MR) is 58.6 cm³/mol. The molecule has 1 aliphatic rings. The molecule has 0 heterocycles. The quantitative estimate of drug-likeness (QED) is 0.657. The molecule has 1 saturated carbocycles. The molecule has 16 heavy (non-hydrogen) atoms. The molecule has 0 radical (unpaired) electrons. The van der Waals surface area contributed by atoms with Gasteiger partial charge in [0, 0.05) is 11.5 Å². The largest absolute Gasteiger partial charge is 0.327 e. The van der Waals surface area contributed by atoms with Crippen LogP contribution >= 0.6 is 15.9 Å². The fraction of sp³-hybridized carbons (Fsp3) is 0.455. The Labute approximate surface area is 100.0 Å². The fourth-order valence-corrected chi connectivity index (χ4v) is 2.44. The van der Waals surface area contributed by atoms with E-state index in [2.05, 4.69) is 15.9 Å². The highest BCUT2D eigenvalue weighted by Gasteiger charge is 2.49. The minimum absolute atomic E-state index is 0.174. The molecule has 1 nitrogen and oxygen atoms in total. The van der Waals surface area contributed by atoms with Crippen LogP contribution in [0.3, 0.4) is 0 Å². The van der Waals surface area contributed by atoms with Crippen molar-refractivity contribution in [3.8, 4) is 0 Å². The van der Waals surface area contributed by atoms with E-state index in [-0.39, 0.29) is 11.6 Å². The first-order valence-corrected chi connectivity index (χ1v) is 5.78. The molecule has 1 aromatic carbocycles. The molecule has 2 N–H and O–H groups in total. The highest BCUT2D eigenvalue weighted by molar-refractivity contribution is 9.10. The van der Waals surface area contributed by atoms with E-state index < -0.39 is 27.3 Å². The number of rotatable bonds is 2. The van der Waals surface area contributed by atoms with Gasteiger partial charge in [-0.15, -0.1) is 0 Å². The Balaban J connectivity index is 2.59. The lowest BCUT2D eigenvalue weighted by molar-refractivity contribution is 0.460. The second kappa shape index (κ2) is 3.74. The lowest BCUT2D eigenvalue weighted by Crippen LogP contribution is -2.32. The van der Waals surface area contributed by atoms with Crippen molar-refractivity contribution >= 4 is 15.9 Å². The van der Waals surface area contributed by atoms with Crippen molar-refractivity contribution in [1.82, 2.24) is 0 Å². The summed E-state index contributed by atoms with van der Waals surface area (Å²) in [6.07, 6.45) is 1.41. The zero-order chi connectivity index (χ0) is 12.1. The van der Waals surface area contributed by atoms with Gasteiger partial charge >= 0.3 is 0 Å². The summed E-state index contributed by atoms with van der Waals surface area (Å²) in [5.41, 5.74) is 5.42. The molecule has 1 aliphatic carbocycles. The maximum absolute atomic E-state index is 13.8. The third-order valence-electron chi connectivity index (χ3n) is 3.30. The van der Waals surface area contributed by atoms with Gasteiger partial charge in [0.15, 0.2) is 11.6 Å². The molecule has 0 spiro atoms. The van der Waals surface area contributed by atoms with Crippen LogP contribution in [-0.4, -0.2) is 6.04 Å². The first-order valence-electron chi connectivity index (χ1n) is 4.99. The van der Waals surface area contributed by atoms with Crippen molar-refractivity contribution in [2.24, 2.45) is 5.73 Å². The molecular formula is C11H11BrF3N. The van der Waals surface area contributed by atoms with Crippen LogP contribution in [0.15, 0.2) is 10.5 Å². The Morgan fingerprint density at radius 3 is 2.31 bits per heavy atom. The molecule has 1 fully saturated rings. The first kappa shape index (κ1) is 11.9. The van der Waals surface area contributed by atoms with Crippen molar-refractivity contribution < 1.29 is 13.2 Å². The molecule has 1 atom stereocenters. The maximum atomic E-state index is 13.8. The molecule has 0 saturated heterocycles. The van der Waals surface area contributed by atoms with Gasteiger partial charge in [0.05, 0.1) is 4.47 Å². The fourth-order valence-electron chi connectivity index (χ4n) is 2.04. The SMILES string of the molecule is CC(N)C1(c2cc(F)c(F)c(Br)c2F)CC1. The van der Waals surface area contributed by atoms with Crippen molar-refractivity contribution in [2.45, 2.75) is 31.2 Å². The van der Waals surface area contributed by atoms with Crippen LogP contribution in [0.25, 0.3) is 0 Å². The minimum Gasteiger partial charge on any atom is -0.327 e. The molecule has 0 aromatic heterocycles. The maximum Gasteiger partial charge on any atom is 0.175 e. The third kappa shape index (κ3) is 1.57. The number of benzene rings is 1. The monoisotopic (exact) mass is 293 g/mol. The molecule has 1 unspecified atom stereocenters. The van der Waals surface area contributed by atoms with Gasteiger partial charge in [-0.2, -0.15) is 0 Å². The van der Waals surface area contributed by atoms with Gasteiger partial charge in [-0.05, 0) is 47.3 Å². The lowest BCUT2D eigenvalue weighted by Gasteiger charge is -2.21. The van der Waals surface area contributed by atoms with Gasteiger partial charge in [-0.1, -0.05) is 0 Å². The van der Waals surface area contributed by atoms with Crippen LogP contribution in [0, 0.1) is 17.5 Å². The van der Waals surface area contributed by atoms with Crippen molar-refractivity contribution in [2.75, 3.05) is 0 Å². The molecule has 1 aromatic rings. The van der Waals surface area contributed by atoms with E-state index in [1.54, 1.807) is 6.92 Å². The molecule has 5 heteroatoms. The smallest absolute Gasteiger partial charge is 0.175 e. The normalized spacial score (nSPS) is 19.6. The zero-order valence-electron chi connectivity index (χ0n) is 8.66. The molecule has 88 valence electrons. The Hall–Kier alpha value is -0.550. The summed E-state index contributed by atoms with van der Waals surface area (Å²) in [5.74, 6) is -2.98. The van der Waals surface area contributed by atoms with Gasteiger partial charge in [0.25, 0.3) is 0 Å². The minimum atomic E-state index is -1.19. The van der Waals surface area contributed by atoms with Gasteiger partial charge in [-0.25, -0.2) is 13.2 Å². The summed E-state index contributed by atoms with van der Waals surface area (Å²) >= 11 is 2.72. The van der Waals surface area contributed by atoms with Crippen LogP contribution in [-0.2, 0) is 5.41 Å². The Morgan fingerprint density at radius 2 is 1.88 bits per heavy atom. The summed E-state index contributed by atoms with van der Waals surface area (Å²) in [4.78, 5) is 0. The Morgan fingerprint density at radius 1 is 1.31 bits per heavy atom.